The minimum absolute atomic E-state index is 0.0287. The van der Waals surface area contributed by atoms with Gasteiger partial charge in [-0.2, -0.15) is 0 Å². The lowest BCUT2D eigenvalue weighted by atomic mass is 10.1. The molecule has 0 unspecified atom stereocenters. The lowest BCUT2D eigenvalue weighted by Gasteiger charge is -2.21. The fourth-order valence-electron chi connectivity index (χ4n) is 2.66. The number of aryl methyl sites for hydroxylation is 1. The largest absolute Gasteiger partial charge is 0.488 e. The summed E-state index contributed by atoms with van der Waals surface area (Å²) in [6, 6.07) is 7.81. The summed E-state index contributed by atoms with van der Waals surface area (Å²) in [5.41, 5.74) is 1.18. The van der Waals surface area contributed by atoms with Gasteiger partial charge in [-0.05, 0) is 38.8 Å². The summed E-state index contributed by atoms with van der Waals surface area (Å²) < 4.78 is 10.9. The molecule has 0 spiro atoms. The van der Waals surface area contributed by atoms with Crippen molar-refractivity contribution in [2.45, 2.75) is 38.9 Å². The lowest BCUT2D eigenvalue weighted by molar-refractivity contribution is -0.125. The summed E-state index contributed by atoms with van der Waals surface area (Å²) in [5.74, 6) is 0.661. The van der Waals surface area contributed by atoms with E-state index < -0.39 is 6.10 Å². The van der Waals surface area contributed by atoms with E-state index in [1.54, 1.807) is 0 Å². The van der Waals surface area contributed by atoms with Crippen molar-refractivity contribution in [1.82, 2.24) is 5.32 Å². The number of ether oxygens (including phenoxy) is 2. The van der Waals surface area contributed by atoms with Gasteiger partial charge in [0, 0.05) is 19.1 Å². The van der Waals surface area contributed by atoms with Gasteiger partial charge in [0.05, 0.1) is 6.10 Å². The highest BCUT2D eigenvalue weighted by molar-refractivity contribution is 5.77. The Labute approximate surface area is 131 Å². The highest BCUT2D eigenvalue weighted by Gasteiger charge is 2.36. The molecule has 1 saturated carbocycles. The van der Waals surface area contributed by atoms with Crippen molar-refractivity contribution in [3.8, 4) is 5.75 Å². The molecule has 0 radical (unpaired) electrons. The van der Waals surface area contributed by atoms with E-state index in [0.29, 0.717) is 13.2 Å². The Morgan fingerprint density at radius 2 is 2.05 bits per heavy atom. The molecule has 0 aliphatic heterocycles. The number of hydrogen-bond donors (Lipinski definition) is 2. The predicted molar refractivity (Wildman–Crippen MR) is 83.8 cm³/mol. The summed E-state index contributed by atoms with van der Waals surface area (Å²) in [4.78, 5) is 11.5. The number of rotatable bonds is 7. The molecule has 0 bridgehead atoms. The second kappa shape index (κ2) is 8.15. The van der Waals surface area contributed by atoms with Crippen molar-refractivity contribution < 1.29 is 19.4 Å². The van der Waals surface area contributed by atoms with Gasteiger partial charge in [0.15, 0.2) is 0 Å². The van der Waals surface area contributed by atoms with E-state index in [1.165, 1.54) is 5.56 Å². The molecule has 0 saturated heterocycles. The van der Waals surface area contributed by atoms with Crippen LogP contribution in [0.15, 0.2) is 24.3 Å². The maximum absolute atomic E-state index is 11.5. The molecule has 1 aromatic carbocycles. The van der Waals surface area contributed by atoms with Gasteiger partial charge in [-0.1, -0.05) is 17.7 Å². The van der Waals surface area contributed by atoms with Gasteiger partial charge in [-0.3, -0.25) is 4.79 Å². The van der Waals surface area contributed by atoms with Gasteiger partial charge in [0.2, 0.25) is 5.91 Å². The summed E-state index contributed by atoms with van der Waals surface area (Å²) in [5, 5.41) is 13.1. The van der Waals surface area contributed by atoms with Gasteiger partial charge in [0.25, 0.3) is 0 Å². The van der Waals surface area contributed by atoms with E-state index in [1.807, 2.05) is 38.1 Å². The van der Waals surface area contributed by atoms with Crippen molar-refractivity contribution in [2.75, 3.05) is 19.8 Å². The Bertz CT molecular complexity index is 474. The first-order chi connectivity index (χ1) is 10.6. The SMILES string of the molecule is CCOCC(=O)NC[C@H]1CC[C@@H](Oc2ccc(C)cc2)[C@@H]1O. The predicted octanol–water partition coefficient (Wildman–Crippen LogP) is 1.67. The van der Waals surface area contributed by atoms with Crippen molar-refractivity contribution in [1.29, 1.82) is 0 Å². The fraction of sp³-hybridized carbons (Fsp3) is 0.588. The molecule has 1 fully saturated rings. The quantitative estimate of drug-likeness (QED) is 0.804. The molecular weight excluding hydrogens is 282 g/mol. The third-order valence-electron chi connectivity index (χ3n) is 3.99. The normalized spacial score (nSPS) is 24.2. The van der Waals surface area contributed by atoms with Crippen LogP contribution in [0.4, 0.5) is 0 Å². The van der Waals surface area contributed by atoms with Crippen LogP contribution in [0.1, 0.15) is 25.3 Å². The first-order valence-electron chi connectivity index (χ1n) is 7.86. The molecule has 0 heterocycles. The number of carbonyl (C=O) groups is 1. The van der Waals surface area contributed by atoms with Gasteiger partial charge < -0.3 is 19.9 Å². The third-order valence-corrected chi connectivity index (χ3v) is 3.99. The Morgan fingerprint density at radius 1 is 1.32 bits per heavy atom. The van der Waals surface area contributed by atoms with Crippen molar-refractivity contribution in [3.05, 3.63) is 29.8 Å². The number of aliphatic hydroxyl groups is 1. The molecule has 5 heteroatoms. The Balaban J connectivity index is 1.78. The number of aliphatic hydroxyl groups excluding tert-OH is 1. The molecule has 22 heavy (non-hydrogen) atoms. The Kier molecular flexibility index (Phi) is 6.21. The Hall–Kier alpha value is -1.59. The molecule has 0 aromatic heterocycles. The fourth-order valence-corrected chi connectivity index (χ4v) is 2.66. The number of nitrogens with one attached hydrogen (secondary N) is 1. The summed E-state index contributed by atoms with van der Waals surface area (Å²) >= 11 is 0. The van der Waals surface area contributed by atoms with Crippen LogP contribution in [0.3, 0.4) is 0 Å². The molecule has 1 amide bonds. The van der Waals surface area contributed by atoms with Crippen LogP contribution in [0, 0.1) is 12.8 Å². The summed E-state index contributed by atoms with van der Waals surface area (Å²) in [6.07, 6.45) is 0.860. The van der Waals surface area contributed by atoms with Gasteiger partial charge in [0.1, 0.15) is 18.5 Å². The molecule has 1 aromatic rings. The van der Waals surface area contributed by atoms with Gasteiger partial charge in [-0.15, -0.1) is 0 Å². The van der Waals surface area contributed by atoms with E-state index in [9.17, 15) is 9.90 Å². The first-order valence-corrected chi connectivity index (χ1v) is 7.86. The third kappa shape index (κ3) is 4.71. The van der Waals surface area contributed by atoms with Crippen molar-refractivity contribution in [2.24, 2.45) is 5.92 Å². The average molecular weight is 307 g/mol. The zero-order chi connectivity index (χ0) is 15.9. The molecule has 3 atom stereocenters. The highest BCUT2D eigenvalue weighted by Crippen LogP contribution is 2.29. The number of benzene rings is 1. The van der Waals surface area contributed by atoms with Crippen LogP contribution in [-0.2, 0) is 9.53 Å². The Morgan fingerprint density at radius 3 is 2.73 bits per heavy atom. The van der Waals surface area contributed by atoms with E-state index in [4.69, 9.17) is 9.47 Å². The molecule has 2 rings (SSSR count). The number of amides is 1. The van der Waals surface area contributed by atoms with Crippen LogP contribution < -0.4 is 10.1 Å². The van der Waals surface area contributed by atoms with Gasteiger partial charge >= 0.3 is 0 Å². The smallest absolute Gasteiger partial charge is 0.246 e. The molecule has 1 aliphatic rings. The minimum atomic E-state index is -0.561. The highest BCUT2D eigenvalue weighted by atomic mass is 16.5. The van der Waals surface area contributed by atoms with E-state index in [0.717, 1.165) is 18.6 Å². The maximum atomic E-state index is 11.5. The van der Waals surface area contributed by atoms with Crippen LogP contribution in [-0.4, -0.2) is 43.0 Å². The maximum Gasteiger partial charge on any atom is 0.246 e. The average Bonchev–Trinajstić information content (AvgIpc) is 2.86. The van der Waals surface area contributed by atoms with Crippen molar-refractivity contribution >= 4 is 5.91 Å². The standard InChI is InChI=1S/C17H25NO4/c1-3-21-11-16(19)18-10-13-6-9-15(17(13)20)22-14-7-4-12(2)5-8-14/h4-5,7-8,13,15,17,20H,3,6,9-11H2,1-2H3,(H,18,19)/t13-,15-,17-/m1/s1. The van der Waals surface area contributed by atoms with Crippen LogP contribution >= 0.6 is 0 Å². The topological polar surface area (TPSA) is 67.8 Å². The molecule has 2 N–H and O–H groups in total. The minimum Gasteiger partial charge on any atom is -0.488 e. The monoisotopic (exact) mass is 307 g/mol. The van der Waals surface area contributed by atoms with E-state index in [2.05, 4.69) is 5.32 Å². The summed E-state index contributed by atoms with van der Waals surface area (Å²) in [6.45, 7) is 4.92. The van der Waals surface area contributed by atoms with Crippen LogP contribution in [0.5, 0.6) is 5.75 Å². The van der Waals surface area contributed by atoms with Gasteiger partial charge in [-0.25, -0.2) is 0 Å². The van der Waals surface area contributed by atoms with E-state index in [-0.39, 0.29) is 24.5 Å². The zero-order valence-electron chi connectivity index (χ0n) is 13.2. The second-order valence-corrected chi connectivity index (χ2v) is 5.74. The van der Waals surface area contributed by atoms with Crippen molar-refractivity contribution in [3.63, 3.8) is 0 Å². The van der Waals surface area contributed by atoms with Crippen LogP contribution in [0.25, 0.3) is 0 Å². The lowest BCUT2D eigenvalue weighted by Crippen LogP contribution is -2.38. The molecule has 1 aliphatic carbocycles. The summed E-state index contributed by atoms with van der Waals surface area (Å²) in [7, 11) is 0. The molecule has 122 valence electrons. The number of hydrogen-bond acceptors (Lipinski definition) is 4. The second-order valence-electron chi connectivity index (χ2n) is 5.74. The number of carbonyl (C=O) groups excluding carboxylic acids is 1. The van der Waals surface area contributed by atoms with Crippen LogP contribution in [0.2, 0.25) is 0 Å². The van der Waals surface area contributed by atoms with E-state index >= 15 is 0 Å². The molecule has 5 nitrogen and oxygen atoms in total. The zero-order valence-corrected chi connectivity index (χ0v) is 13.2. The first kappa shape index (κ1) is 16.8. The molecular formula is C17H25NO4.